The van der Waals surface area contributed by atoms with Crippen molar-refractivity contribution in [1.82, 2.24) is 0 Å². The standard InChI is InChI=1S/C5H10INOS/c1-4-3-5(4)9(6,8)7-2/h4-5H,3H2,1-2H3. The summed E-state index contributed by atoms with van der Waals surface area (Å²) in [6.07, 6.45) is 1.10. The molecule has 0 amide bonds. The van der Waals surface area contributed by atoms with Crippen LogP contribution in [0.5, 0.6) is 0 Å². The molecule has 1 fully saturated rings. The maximum atomic E-state index is 11.3. The highest BCUT2D eigenvalue weighted by Gasteiger charge is 2.40. The van der Waals surface area contributed by atoms with E-state index in [2.05, 4.69) is 11.3 Å². The van der Waals surface area contributed by atoms with Crippen LogP contribution in [0.1, 0.15) is 13.3 Å². The molecule has 4 heteroatoms. The molecule has 54 valence electrons. The van der Waals surface area contributed by atoms with E-state index in [1.54, 1.807) is 7.05 Å². The fourth-order valence-corrected chi connectivity index (χ4v) is 4.34. The SMILES string of the molecule is CN=S(=O)(I)C1CC1C. The minimum Gasteiger partial charge on any atom is -0.239 e. The molecule has 0 radical (unpaired) electrons. The van der Waals surface area contributed by atoms with Crippen molar-refractivity contribution in [3.63, 3.8) is 0 Å². The largest absolute Gasteiger partial charge is 0.239 e. The Labute approximate surface area is 68.2 Å². The molecule has 0 aromatic rings. The van der Waals surface area contributed by atoms with E-state index in [4.69, 9.17) is 0 Å². The van der Waals surface area contributed by atoms with E-state index in [1.807, 2.05) is 21.2 Å². The van der Waals surface area contributed by atoms with Gasteiger partial charge in [0, 0.05) is 28.3 Å². The highest BCUT2D eigenvalue weighted by atomic mass is 127. The van der Waals surface area contributed by atoms with Crippen LogP contribution in [0.2, 0.25) is 0 Å². The van der Waals surface area contributed by atoms with Crippen molar-refractivity contribution < 1.29 is 4.21 Å². The third-order valence-electron chi connectivity index (χ3n) is 1.66. The Morgan fingerprint density at radius 1 is 1.78 bits per heavy atom. The van der Waals surface area contributed by atoms with Crippen molar-refractivity contribution in [1.29, 1.82) is 0 Å². The summed E-state index contributed by atoms with van der Waals surface area (Å²) in [6, 6.07) is 0. The van der Waals surface area contributed by atoms with E-state index >= 15 is 0 Å². The Morgan fingerprint density at radius 2 is 2.22 bits per heavy atom. The lowest BCUT2D eigenvalue weighted by molar-refractivity contribution is 0.684. The maximum Gasteiger partial charge on any atom is 0.104 e. The topological polar surface area (TPSA) is 29.4 Å². The zero-order chi connectivity index (χ0) is 7.07. The van der Waals surface area contributed by atoms with Gasteiger partial charge in [0.25, 0.3) is 0 Å². The van der Waals surface area contributed by atoms with E-state index in [1.165, 1.54) is 0 Å². The van der Waals surface area contributed by atoms with Gasteiger partial charge in [-0.25, -0.2) is 8.57 Å². The molecular weight excluding hydrogens is 249 g/mol. The quantitative estimate of drug-likeness (QED) is 0.522. The van der Waals surface area contributed by atoms with Gasteiger partial charge in [0.1, 0.15) is 6.90 Å². The zero-order valence-corrected chi connectivity index (χ0v) is 8.48. The van der Waals surface area contributed by atoms with Crippen molar-refractivity contribution in [3.8, 4) is 0 Å². The average Bonchev–Trinajstić information content (AvgIpc) is 2.47. The van der Waals surface area contributed by atoms with Crippen molar-refractivity contribution in [2.24, 2.45) is 10.3 Å². The lowest BCUT2D eigenvalue weighted by Gasteiger charge is -1.94. The van der Waals surface area contributed by atoms with Crippen LogP contribution >= 0.6 is 21.2 Å². The number of rotatable bonds is 1. The van der Waals surface area contributed by atoms with Gasteiger partial charge in [-0.2, -0.15) is 0 Å². The number of halogens is 1. The van der Waals surface area contributed by atoms with E-state index in [9.17, 15) is 4.21 Å². The van der Waals surface area contributed by atoms with Gasteiger partial charge in [-0.15, -0.1) is 0 Å². The summed E-state index contributed by atoms with van der Waals surface area (Å²) in [5.41, 5.74) is 0. The Morgan fingerprint density at radius 3 is 2.33 bits per heavy atom. The highest BCUT2D eigenvalue weighted by Crippen LogP contribution is 2.40. The van der Waals surface area contributed by atoms with Crippen molar-refractivity contribution in [3.05, 3.63) is 0 Å². The first-order chi connectivity index (χ1) is 4.08. The molecule has 3 unspecified atom stereocenters. The Balaban J connectivity index is 2.75. The lowest BCUT2D eigenvalue weighted by Crippen LogP contribution is -1.96. The fraction of sp³-hybridized carbons (Fsp3) is 1.00. The summed E-state index contributed by atoms with van der Waals surface area (Å²) in [7, 11) is 1.64. The van der Waals surface area contributed by atoms with Crippen molar-refractivity contribution in [2.75, 3.05) is 7.05 Å². The number of nitrogens with zero attached hydrogens (tertiary/aromatic N) is 1. The molecule has 1 aliphatic rings. The molecule has 1 rings (SSSR count). The number of hydrogen-bond acceptors (Lipinski definition) is 2. The normalized spacial score (nSPS) is 39.4. The van der Waals surface area contributed by atoms with Gasteiger partial charge in [-0.3, -0.25) is 0 Å². The van der Waals surface area contributed by atoms with Gasteiger partial charge in [0.05, 0.1) is 5.25 Å². The maximum absolute atomic E-state index is 11.3. The Bertz CT molecular complexity index is 219. The molecule has 0 aliphatic heterocycles. The van der Waals surface area contributed by atoms with E-state index in [0.717, 1.165) is 6.42 Å². The van der Waals surface area contributed by atoms with Crippen LogP contribution < -0.4 is 0 Å². The van der Waals surface area contributed by atoms with Crippen LogP contribution in [0.25, 0.3) is 0 Å². The summed E-state index contributed by atoms with van der Waals surface area (Å²) < 4.78 is 15.2. The summed E-state index contributed by atoms with van der Waals surface area (Å²) in [4.78, 5) is 0. The molecule has 0 N–H and O–H groups in total. The van der Waals surface area contributed by atoms with Crippen LogP contribution in [-0.2, 0) is 6.90 Å². The highest BCUT2D eigenvalue weighted by molar-refractivity contribution is 14.2. The van der Waals surface area contributed by atoms with E-state index < -0.39 is 6.90 Å². The lowest BCUT2D eigenvalue weighted by atomic mass is 10.5. The van der Waals surface area contributed by atoms with Crippen LogP contribution in [0.3, 0.4) is 0 Å². The summed E-state index contributed by atoms with van der Waals surface area (Å²) in [5.74, 6) is 0.637. The first-order valence-electron chi connectivity index (χ1n) is 2.91. The minimum absolute atomic E-state index is 0.378. The van der Waals surface area contributed by atoms with Gasteiger partial charge in [-0.1, -0.05) is 6.92 Å². The van der Waals surface area contributed by atoms with Crippen LogP contribution in [0, 0.1) is 5.92 Å². The van der Waals surface area contributed by atoms with Crippen LogP contribution in [0.4, 0.5) is 0 Å². The second-order valence-corrected chi connectivity index (χ2v) is 8.18. The minimum atomic E-state index is -1.83. The van der Waals surface area contributed by atoms with Crippen molar-refractivity contribution in [2.45, 2.75) is 18.6 Å². The molecular formula is C5H10INOS. The van der Waals surface area contributed by atoms with Gasteiger partial charge < -0.3 is 0 Å². The first-order valence-corrected chi connectivity index (χ1v) is 7.03. The third kappa shape index (κ3) is 1.58. The van der Waals surface area contributed by atoms with Crippen LogP contribution in [0.15, 0.2) is 4.36 Å². The van der Waals surface area contributed by atoms with Crippen molar-refractivity contribution >= 4 is 28.1 Å². The molecule has 0 spiro atoms. The van der Waals surface area contributed by atoms with Gasteiger partial charge in [0.2, 0.25) is 0 Å². The summed E-state index contributed by atoms with van der Waals surface area (Å²) >= 11 is 1.97. The Kier molecular flexibility index (Phi) is 2.05. The van der Waals surface area contributed by atoms with E-state index in [-0.39, 0.29) is 0 Å². The van der Waals surface area contributed by atoms with Gasteiger partial charge in [0.15, 0.2) is 0 Å². The smallest absolute Gasteiger partial charge is 0.104 e. The van der Waals surface area contributed by atoms with Crippen LogP contribution in [-0.4, -0.2) is 16.5 Å². The molecule has 0 aromatic carbocycles. The summed E-state index contributed by atoms with van der Waals surface area (Å²) in [6.45, 7) is 0.290. The molecule has 3 atom stereocenters. The monoisotopic (exact) mass is 259 g/mol. The molecule has 9 heavy (non-hydrogen) atoms. The molecule has 1 saturated carbocycles. The molecule has 2 nitrogen and oxygen atoms in total. The van der Waals surface area contributed by atoms with Gasteiger partial charge in [-0.05, 0) is 12.3 Å². The average molecular weight is 259 g/mol. The van der Waals surface area contributed by atoms with E-state index in [0.29, 0.717) is 11.2 Å². The first kappa shape index (κ1) is 7.78. The Hall–Kier alpha value is 0.680. The summed E-state index contributed by atoms with van der Waals surface area (Å²) in [5, 5.41) is 0.378. The molecule has 1 aliphatic carbocycles. The predicted molar refractivity (Wildman–Crippen MR) is 48.1 cm³/mol. The molecule has 0 saturated heterocycles. The zero-order valence-electron chi connectivity index (χ0n) is 5.50. The second-order valence-electron chi connectivity index (χ2n) is 2.43. The molecule has 0 heterocycles. The molecule has 0 aromatic heterocycles. The molecule has 0 bridgehead atoms. The van der Waals surface area contributed by atoms with Gasteiger partial charge >= 0.3 is 0 Å². The number of hydrogen-bond donors (Lipinski definition) is 0. The second kappa shape index (κ2) is 2.38. The fourth-order valence-electron chi connectivity index (χ4n) is 0.828. The predicted octanol–water partition coefficient (Wildman–Crippen LogP) is 1.84. The third-order valence-corrected chi connectivity index (χ3v) is 6.70.